The zero-order valence-corrected chi connectivity index (χ0v) is 16.5. The molecule has 0 aliphatic heterocycles. The molecule has 0 saturated heterocycles. The third-order valence-electron chi connectivity index (χ3n) is 3.45. The van der Waals surface area contributed by atoms with Crippen LogP contribution in [-0.4, -0.2) is 51.7 Å². The number of rotatable bonds is 6. The Morgan fingerprint density at radius 1 is 1.29 bits per heavy atom. The van der Waals surface area contributed by atoms with Gasteiger partial charge in [0.25, 0.3) is 5.91 Å². The van der Waals surface area contributed by atoms with Gasteiger partial charge in [0, 0.05) is 19.0 Å². The van der Waals surface area contributed by atoms with Crippen molar-refractivity contribution < 1.29 is 42.4 Å². The maximum absolute atomic E-state index is 12.2. The molecule has 1 heterocycles. The fraction of sp³-hybridized carbons (Fsp3) is 0.412. The van der Waals surface area contributed by atoms with Crippen LogP contribution in [0.1, 0.15) is 17.0 Å². The van der Waals surface area contributed by atoms with Crippen molar-refractivity contribution in [3.8, 4) is 5.75 Å². The summed E-state index contributed by atoms with van der Waals surface area (Å²) in [5.41, 5.74) is 0.0496. The normalized spacial score (nSPS) is 11.0. The molecule has 0 aliphatic carbocycles. The lowest BCUT2D eigenvalue weighted by Gasteiger charge is -2.23. The van der Waals surface area contributed by atoms with Gasteiger partial charge < -0.3 is 42.9 Å². The SMILES string of the molecule is COc1cccc2oc(C(=O)NCCC[N+](C)(C)C)cc(=O)c12.[I-]. The van der Waals surface area contributed by atoms with Gasteiger partial charge in [-0.15, -0.1) is 0 Å². The number of benzene rings is 1. The van der Waals surface area contributed by atoms with Crippen LogP contribution in [0.3, 0.4) is 0 Å². The lowest BCUT2D eigenvalue weighted by atomic mass is 10.2. The second-order valence-electron chi connectivity index (χ2n) is 6.43. The topological polar surface area (TPSA) is 68.5 Å². The number of carbonyl (C=O) groups excluding carboxylic acids is 1. The number of hydrogen-bond donors (Lipinski definition) is 1. The molecule has 1 N–H and O–H groups in total. The Bertz CT molecular complexity index is 765. The van der Waals surface area contributed by atoms with Gasteiger partial charge in [-0.25, -0.2) is 0 Å². The quantitative estimate of drug-likeness (QED) is 0.338. The molecule has 0 radical (unpaired) electrons. The minimum Gasteiger partial charge on any atom is -1.00 e. The first-order chi connectivity index (χ1) is 10.8. The predicted molar refractivity (Wildman–Crippen MR) is 88.9 cm³/mol. The summed E-state index contributed by atoms with van der Waals surface area (Å²) in [5.74, 6) is 0.0698. The number of carbonyl (C=O) groups is 1. The van der Waals surface area contributed by atoms with E-state index in [0.717, 1.165) is 17.4 Å². The molecule has 0 spiro atoms. The Labute approximate surface area is 158 Å². The Kier molecular flexibility index (Phi) is 7.22. The molecule has 1 amide bonds. The van der Waals surface area contributed by atoms with E-state index in [2.05, 4.69) is 26.5 Å². The van der Waals surface area contributed by atoms with Crippen molar-refractivity contribution in [3.63, 3.8) is 0 Å². The van der Waals surface area contributed by atoms with Crippen molar-refractivity contribution in [2.75, 3.05) is 41.3 Å². The summed E-state index contributed by atoms with van der Waals surface area (Å²) in [4.78, 5) is 24.4. The van der Waals surface area contributed by atoms with E-state index in [0.29, 0.717) is 23.3 Å². The molecule has 0 unspecified atom stereocenters. The molecule has 0 atom stereocenters. The van der Waals surface area contributed by atoms with Crippen molar-refractivity contribution in [2.45, 2.75) is 6.42 Å². The molecular weight excluding hydrogens is 423 g/mol. The highest BCUT2D eigenvalue weighted by molar-refractivity contribution is 5.94. The number of methoxy groups -OCH3 is 1. The molecule has 7 heteroatoms. The number of fused-ring (bicyclic) bond motifs is 1. The summed E-state index contributed by atoms with van der Waals surface area (Å²) in [7, 11) is 7.77. The van der Waals surface area contributed by atoms with Gasteiger partial charge in [-0.3, -0.25) is 9.59 Å². The summed E-state index contributed by atoms with van der Waals surface area (Å²) in [6.45, 7) is 1.48. The largest absolute Gasteiger partial charge is 1.00 e. The van der Waals surface area contributed by atoms with Gasteiger partial charge in [-0.05, 0) is 12.1 Å². The Balaban J connectivity index is 0.00000288. The van der Waals surface area contributed by atoms with E-state index in [1.54, 1.807) is 18.2 Å². The number of nitrogens with one attached hydrogen (secondary N) is 1. The molecule has 1 aromatic carbocycles. The zero-order chi connectivity index (χ0) is 17.0. The number of amides is 1. The maximum atomic E-state index is 12.2. The fourth-order valence-corrected chi connectivity index (χ4v) is 2.30. The van der Waals surface area contributed by atoms with Crippen molar-refractivity contribution >= 4 is 16.9 Å². The third kappa shape index (κ3) is 5.20. The third-order valence-corrected chi connectivity index (χ3v) is 3.45. The molecule has 1 aromatic heterocycles. The number of quaternary nitrogens is 1. The molecule has 24 heavy (non-hydrogen) atoms. The molecule has 0 saturated carbocycles. The van der Waals surface area contributed by atoms with Crippen molar-refractivity contribution in [1.82, 2.24) is 5.32 Å². The van der Waals surface area contributed by atoms with Crippen molar-refractivity contribution in [2.24, 2.45) is 0 Å². The van der Waals surface area contributed by atoms with Crippen LogP contribution in [0.2, 0.25) is 0 Å². The van der Waals surface area contributed by atoms with Crippen LogP contribution in [0.5, 0.6) is 5.75 Å². The minimum atomic E-state index is -0.381. The van der Waals surface area contributed by atoms with E-state index < -0.39 is 0 Å². The van der Waals surface area contributed by atoms with Gasteiger partial charge in [0.1, 0.15) is 16.7 Å². The molecule has 0 aliphatic rings. The van der Waals surface area contributed by atoms with Gasteiger partial charge >= 0.3 is 0 Å². The minimum absolute atomic E-state index is 0. The van der Waals surface area contributed by atoms with Gasteiger partial charge in [0.15, 0.2) is 11.2 Å². The first kappa shape index (κ1) is 20.4. The van der Waals surface area contributed by atoms with E-state index in [4.69, 9.17) is 9.15 Å². The van der Waals surface area contributed by atoms with Gasteiger partial charge in [0.2, 0.25) is 0 Å². The number of halogens is 1. The van der Waals surface area contributed by atoms with Crippen LogP contribution in [0.25, 0.3) is 11.0 Å². The average Bonchev–Trinajstić information content (AvgIpc) is 2.49. The van der Waals surface area contributed by atoms with Gasteiger partial charge in [-0.2, -0.15) is 0 Å². The smallest absolute Gasteiger partial charge is 0.287 e. The maximum Gasteiger partial charge on any atom is 0.287 e. The predicted octanol–water partition coefficient (Wildman–Crippen LogP) is -1.37. The Hall–Kier alpha value is -1.61. The molecule has 0 fully saturated rings. The van der Waals surface area contributed by atoms with E-state index in [9.17, 15) is 9.59 Å². The van der Waals surface area contributed by atoms with Gasteiger partial charge in [-0.1, -0.05) is 6.07 Å². The van der Waals surface area contributed by atoms with Crippen LogP contribution < -0.4 is 39.5 Å². The Morgan fingerprint density at radius 2 is 2.00 bits per heavy atom. The molecular formula is C17H23IN2O4. The molecule has 2 rings (SSSR count). The summed E-state index contributed by atoms with van der Waals surface area (Å²) in [5, 5.41) is 3.12. The second kappa shape index (κ2) is 8.48. The van der Waals surface area contributed by atoms with Crippen LogP contribution in [0.15, 0.2) is 33.5 Å². The highest BCUT2D eigenvalue weighted by Gasteiger charge is 2.15. The summed E-state index contributed by atoms with van der Waals surface area (Å²) in [6, 6.07) is 6.25. The summed E-state index contributed by atoms with van der Waals surface area (Å²) < 4.78 is 11.5. The summed E-state index contributed by atoms with van der Waals surface area (Å²) in [6.07, 6.45) is 0.848. The molecule has 132 valence electrons. The van der Waals surface area contributed by atoms with E-state index in [-0.39, 0.29) is 41.1 Å². The van der Waals surface area contributed by atoms with Gasteiger partial charge in [0.05, 0.1) is 34.8 Å². The number of ether oxygens (including phenoxy) is 1. The van der Waals surface area contributed by atoms with Crippen molar-refractivity contribution in [3.05, 3.63) is 40.2 Å². The second-order valence-corrected chi connectivity index (χ2v) is 6.43. The van der Waals surface area contributed by atoms with E-state index in [1.807, 2.05) is 0 Å². The fourth-order valence-electron chi connectivity index (χ4n) is 2.30. The Morgan fingerprint density at radius 3 is 2.62 bits per heavy atom. The zero-order valence-electron chi connectivity index (χ0n) is 14.4. The summed E-state index contributed by atoms with van der Waals surface area (Å²) >= 11 is 0. The molecule has 2 aromatic rings. The first-order valence-electron chi connectivity index (χ1n) is 7.51. The molecule has 6 nitrogen and oxygen atoms in total. The average molecular weight is 446 g/mol. The van der Waals surface area contributed by atoms with Crippen LogP contribution in [0, 0.1) is 0 Å². The van der Waals surface area contributed by atoms with E-state index in [1.165, 1.54) is 13.2 Å². The number of hydrogen-bond acceptors (Lipinski definition) is 4. The van der Waals surface area contributed by atoms with Crippen LogP contribution >= 0.6 is 0 Å². The number of nitrogens with zero attached hydrogens (tertiary/aromatic N) is 1. The van der Waals surface area contributed by atoms with E-state index >= 15 is 0 Å². The van der Waals surface area contributed by atoms with Crippen LogP contribution in [0.4, 0.5) is 0 Å². The standard InChI is InChI=1S/C17H22N2O4.HI/c1-19(2,3)10-6-9-18-17(21)15-11-12(20)16-13(22-4)7-5-8-14(16)23-15;/h5,7-8,11H,6,9-10H2,1-4H3;1H. The van der Waals surface area contributed by atoms with Crippen molar-refractivity contribution in [1.29, 1.82) is 0 Å². The lowest BCUT2D eigenvalue weighted by molar-refractivity contribution is -0.870. The highest BCUT2D eigenvalue weighted by Crippen LogP contribution is 2.22. The lowest BCUT2D eigenvalue weighted by Crippen LogP contribution is -3.00. The first-order valence-corrected chi connectivity index (χ1v) is 7.51. The highest BCUT2D eigenvalue weighted by atomic mass is 127. The molecule has 0 bridgehead atoms. The van der Waals surface area contributed by atoms with Crippen LogP contribution in [-0.2, 0) is 0 Å². The monoisotopic (exact) mass is 446 g/mol.